The second-order valence-electron chi connectivity index (χ2n) is 4.24. The lowest BCUT2D eigenvalue weighted by molar-refractivity contribution is 0.182. The highest BCUT2D eigenvalue weighted by Gasteiger charge is 2.20. The number of hydrogen-bond donors (Lipinski definition) is 1. The minimum absolute atomic E-state index is 0.357. The average Bonchev–Trinajstić information content (AvgIpc) is 2.77. The molecule has 0 bridgehead atoms. The number of halogens is 3. The van der Waals surface area contributed by atoms with Crippen molar-refractivity contribution in [2.75, 3.05) is 13.7 Å². The Morgan fingerprint density at radius 1 is 1.45 bits per heavy atom. The number of methoxy groups -OCH3 is 1. The summed E-state index contributed by atoms with van der Waals surface area (Å²) in [5.74, 6) is 0. The minimum Gasteiger partial charge on any atom is -0.383 e. The van der Waals surface area contributed by atoms with Crippen LogP contribution in [0.4, 0.5) is 0 Å². The van der Waals surface area contributed by atoms with E-state index in [9.17, 15) is 0 Å². The predicted molar refractivity (Wildman–Crippen MR) is 87.0 cm³/mol. The number of rotatable bonds is 5. The Labute approximate surface area is 139 Å². The van der Waals surface area contributed by atoms with Gasteiger partial charge < -0.3 is 10.5 Å². The molecule has 1 unspecified atom stereocenters. The van der Waals surface area contributed by atoms with Crippen LogP contribution in [-0.2, 0) is 11.3 Å². The molecule has 1 aromatic carbocycles. The fourth-order valence-corrected chi connectivity index (χ4v) is 3.27. The van der Waals surface area contributed by atoms with Gasteiger partial charge in [0.05, 0.1) is 35.6 Å². The Morgan fingerprint density at radius 2 is 2.20 bits per heavy atom. The Morgan fingerprint density at radius 3 is 2.85 bits per heavy atom. The molecule has 1 atom stereocenters. The standard InChI is InChI=1S/C13H14Br2ClN3O/c1-20-5-4-19-13(10(15)7-18-19)12(17)9-3-2-8(14)6-11(9)16/h2-3,6-7,12H,4-5,17H2,1H3. The van der Waals surface area contributed by atoms with Crippen molar-refractivity contribution in [3.63, 3.8) is 0 Å². The summed E-state index contributed by atoms with van der Waals surface area (Å²) in [5, 5.41) is 4.93. The summed E-state index contributed by atoms with van der Waals surface area (Å²) in [7, 11) is 1.66. The van der Waals surface area contributed by atoms with Gasteiger partial charge in [-0.05, 0) is 33.6 Å². The van der Waals surface area contributed by atoms with Crippen LogP contribution in [0.5, 0.6) is 0 Å². The normalized spacial score (nSPS) is 12.7. The Bertz CT molecular complexity index is 603. The summed E-state index contributed by atoms with van der Waals surface area (Å²) in [6, 6.07) is 5.31. The van der Waals surface area contributed by atoms with Gasteiger partial charge >= 0.3 is 0 Å². The van der Waals surface area contributed by atoms with E-state index in [-0.39, 0.29) is 6.04 Å². The van der Waals surface area contributed by atoms with E-state index in [1.165, 1.54) is 0 Å². The van der Waals surface area contributed by atoms with Crippen molar-refractivity contribution in [2.45, 2.75) is 12.6 Å². The number of aromatic nitrogens is 2. The van der Waals surface area contributed by atoms with Crippen LogP contribution in [0.15, 0.2) is 33.3 Å². The molecule has 2 aromatic rings. The maximum atomic E-state index is 6.35. The third-order valence-electron chi connectivity index (χ3n) is 2.93. The molecule has 0 aliphatic rings. The first kappa shape index (κ1) is 16.0. The number of benzene rings is 1. The van der Waals surface area contributed by atoms with E-state index < -0.39 is 0 Å². The zero-order valence-corrected chi connectivity index (χ0v) is 14.7. The molecule has 0 radical (unpaired) electrons. The third kappa shape index (κ3) is 3.43. The van der Waals surface area contributed by atoms with E-state index in [2.05, 4.69) is 37.0 Å². The van der Waals surface area contributed by atoms with Crippen LogP contribution in [0.25, 0.3) is 0 Å². The van der Waals surface area contributed by atoms with E-state index >= 15 is 0 Å². The Hall–Kier alpha value is -0.400. The van der Waals surface area contributed by atoms with Crippen molar-refractivity contribution < 1.29 is 4.74 Å². The maximum Gasteiger partial charge on any atom is 0.0749 e. The molecule has 108 valence electrons. The molecule has 1 aromatic heterocycles. The van der Waals surface area contributed by atoms with Crippen LogP contribution in [0.1, 0.15) is 17.3 Å². The Balaban J connectivity index is 2.37. The summed E-state index contributed by atoms with van der Waals surface area (Å²) >= 11 is 13.1. The third-order valence-corrected chi connectivity index (χ3v) is 4.36. The molecular formula is C13H14Br2ClN3O. The van der Waals surface area contributed by atoms with Crippen LogP contribution in [0.2, 0.25) is 5.02 Å². The zero-order valence-electron chi connectivity index (χ0n) is 10.8. The van der Waals surface area contributed by atoms with Gasteiger partial charge in [-0.2, -0.15) is 5.10 Å². The number of ether oxygens (including phenoxy) is 1. The number of nitrogens with two attached hydrogens (primary N) is 1. The molecule has 7 heteroatoms. The lowest BCUT2D eigenvalue weighted by Crippen LogP contribution is -2.20. The summed E-state index contributed by atoms with van der Waals surface area (Å²) in [4.78, 5) is 0. The SMILES string of the molecule is COCCn1ncc(Br)c1C(N)c1ccc(Br)cc1Cl. The second kappa shape index (κ2) is 7.04. The highest BCUT2D eigenvalue weighted by Crippen LogP contribution is 2.32. The molecule has 20 heavy (non-hydrogen) atoms. The molecule has 0 aliphatic carbocycles. The molecule has 0 fully saturated rings. The minimum atomic E-state index is -0.357. The first-order valence-corrected chi connectivity index (χ1v) is 7.91. The van der Waals surface area contributed by atoms with Gasteiger partial charge in [0.1, 0.15) is 0 Å². The molecule has 1 heterocycles. The van der Waals surface area contributed by atoms with Crippen molar-refractivity contribution in [3.05, 3.63) is 49.6 Å². The van der Waals surface area contributed by atoms with E-state index in [0.29, 0.717) is 18.2 Å². The number of nitrogens with zero attached hydrogens (tertiary/aromatic N) is 2. The maximum absolute atomic E-state index is 6.35. The van der Waals surface area contributed by atoms with Gasteiger partial charge in [0, 0.05) is 16.6 Å². The van der Waals surface area contributed by atoms with Crippen LogP contribution in [0, 0.1) is 0 Å². The highest BCUT2D eigenvalue weighted by atomic mass is 79.9. The van der Waals surface area contributed by atoms with Gasteiger partial charge in [0.15, 0.2) is 0 Å². The Kier molecular flexibility index (Phi) is 5.63. The van der Waals surface area contributed by atoms with Gasteiger partial charge in [-0.1, -0.05) is 33.6 Å². The van der Waals surface area contributed by atoms with Crippen LogP contribution >= 0.6 is 43.5 Å². The molecule has 2 N–H and O–H groups in total. The van der Waals surface area contributed by atoms with Gasteiger partial charge in [0.2, 0.25) is 0 Å². The topological polar surface area (TPSA) is 53.1 Å². The smallest absolute Gasteiger partial charge is 0.0749 e. The van der Waals surface area contributed by atoms with E-state index in [4.69, 9.17) is 22.1 Å². The monoisotopic (exact) mass is 421 g/mol. The van der Waals surface area contributed by atoms with E-state index in [0.717, 1.165) is 20.2 Å². The van der Waals surface area contributed by atoms with Gasteiger partial charge in [-0.25, -0.2) is 0 Å². The second-order valence-corrected chi connectivity index (χ2v) is 6.41. The number of hydrogen-bond acceptors (Lipinski definition) is 3. The molecule has 0 aliphatic heterocycles. The molecule has 0 saturated carbocycles. The fourth-order valence-electron chi connectivity index (χ4n) is 1.94. The molecule has 4 nitrogen and oxygen atoms in total. The van der Waals surface area contributed by atoms with Crippen molar-refractivity contribution in [1.29, 1.82) is 0 Å². The molecule has 0 saturated heterocycles. The summed E-state index contributed by atoms with van der Waals surface area (Å²) in [6.07, 6.45) is 1.73. The van der Waals surface area contributed by atoms with E-state index in [1.807, 2.05) is 22.9 Å². The highest BCUT2D eigenvalue weighted by molar-refractivity contribution is 9.10. The van der Waals surface area contributed by atoms with E-state index in [1.54, 1.807) is 13.3 Å². The predicted octanol–water partition coefficient (Wildman–Crippen LogP) is 3.76. The largest absolute Gasteiger partial charge is 0.383 e. The van der Waals surface area contributed by atoms with Gasteiger partial charge in [-0.3, -0.25) is 4.68 Å². The molecular weight excluding hydrogens is 409 g/mol. The fraction of sp³-hybridized carbons (Fsp3) is 0.308. The van der Waals surface area contributed by atoms with Gasteiger partial charge in [0.25, 0.3) is 0 Å². The average molecular weight is 424 g/mol. The van der Waals surface area contributed by atoms with Crippen molar-refractivity contribution in [1.82, 2.24) is 9.78 Å². The summed E-state index contributed by atoms with van der Waals surface area (Å²) in [5.41, 5.74) is 8.09. The lowest BCUT2D eigenvalue weighted by atomic mass is 10.0. The van der Waals surface area contributed by atoms with Crippen LogP contribution in [-0.4, -0.2) is 23.5 Å². The van der Waals surface area contributed by atoms with Crippen molar-refractivity contribution in [2.24, 2.45) is 5.73 Å². The van der Waals surface area contributed by atoms with Gasteiger partial charge in [-0.15, -0.1) is 0 Å². The zero-order chi connectivity index (χ0) is 14.7. The van der Waals surface area contributed by atoms with Crippen molar-refractivity contribution in [3.8, 4) is 0 Å². The lowest BCUT2D eigenvalue weighted by Gasteiger charge is -2.17. The molecule has 2 rings (SSSR count). The van der Waals surface area contributed by atoms with Crippen LogP contribution < -0.4 is 5.73 Å². The summed E-state index contributed by atoms with van der Waals surface area (Å²) < 4.78 is 8.70. The van der Waals surface area contributed by atoms with Crippen LogP contribution in [0.3, 0.4) is 0 Å². The molecule has 0 spiro atoms. The first-order chi connectivity index (χ1) is 9.54. The first-order valence-electron chi connectivity index (χ1n) is 5.95. The van der Waals surface area contributed by atoms with Crippen molar-refractivity contribution >= 4 is 43.5 Å². The quantitative estimate of drug-likeness (QED) is 0.797. The molecule has 0 amide bonds. The summed E-state index contributed by atoms with van der Waals surface area (Å²) in [6.45, 7) is 1.21.